The number of Topliss-reactive ketones (excluding diaryl/α,β-unsaturated/α-hetero) is 1. The van der Waals surface area contributed by atoms with Gasteiger partial charge in [-0.3, -0.25) is 9.59 Å². The second kappa shape index (κ2) is 9.93. The lowest BCUT2D eigenvalue weighted by Crippen LogP contribution is -2.39. The third kappa shape index (κ3) is 4.77. The Kier molecular flexibility index (Phi) is 6.84. The first-order chi connectivity index (χ1) is 17.7. The molecule has 2 aliphatic carbocycles. The fourth-order valence-corrected chi connectivity index (χ4v) is 7.23. The number of ketones is 1. The zero-order valence-electron chi connectivity index (χ0n) is 22.0. The van der Waals surface area contributed by atoms with Crippen molar-refractivity contribution < 1.29 is 19.1 Å². The van der Waals surface area contributed by atoms with E-state index in [0.717, 1.165) is 59.5 Å². The van der Waals surface area contributed by atoms with Crippen molar-refractivity contribution in [2.45, 2.75) is 72.1 Å². The van der Waals surface area contributed by atoms with Crippen molar-refractivity contribution in [1.82, 2.24) is 5.32 Å². The lowest BCUT2D eigenvalue weighted by Gasteiger charge is -2.39. The van der Waals surface area contributed by atoms with Crippen molar-refractivity contribution in [3.8, 4) is 0 Å². The Morgan fingerprint density at radius 1 is 1.14 bits per heavy atom. The van der Waals surface area contributed by atoms with Gasteiger partial charge in [0.2, 0.25) is 0 Å². The van der Waals surface area contributed by atoms with Crippen LogP contribution in [0.25, 0.3) is 0 Å². The minimum atomic E-state index is -0.471. The number of benzene rings is 1. The van der Waals surface area contributed by atoms with Gasteiger partial charge in [-0.15, -0.1) is 11.3 Å². The van der Waals surface area contributed by atoms with E-state index in [1.54, 1.807) is 6.92 Å². The molecular formula is C30H34N2O4S. The zero-order chi connectivity index (χ0) is 26.3. The maximum Gasteiger partial charge on any atom is 0.341 e. The van der Waals surface area contributed by atoms with E-state index in [0.29, 0.717) is 28.1 Å². The van der Waals surface area contributed by atoms with Crippen molar-refractivity contribution >= 4 is 34.0 Å². The third-order valence-corrected chi connectivity index (χ3v) is 8.70. The van der Waals surface area contributed by atoms with Gasteiger partial charge in [-0.2, -0.15) is 0 Å². The molecule has 2 N–H and O–H groups in total. The van der Waals surface area contributed by atoms with Crippen molar-refractivity contribution in [1.29, 1.82) is 0 Å². The molecule has 37 heavy (non-hydrogen) atoms. The molecule has 1 aromatic carbocycles. The van der Waals surface area contributed by atoms with Crippen LogP contribution < -0.4 is 10.6 Å². The van der Waals surface area contributed by atoms with Crippen LogP contribution in [0.4, 0.5) is 5.00 Å². The second-order valence-corrected chi connectivity index (χ2v) is 12.0. The first-order valence-corrected chi connectivity index (χ1v) is 13.9. The Morgan fingerprint density at radius 2 is 1.86 bits per heavy atom. The Hall–Kier alpha value is -3.19. The topological polar surface area (TPSA) is 84.5 Å². The number of esters is 1. The quantitative estimate of drug-likeness (QED) is 0.471. The van der Waals surface area contributed by atoms with Gasteiger partial charge < -0.3 is 15.4 Å². The molecule has 0 spiro atoms. The van der Waals surface area contributed by atoms with Crippen LogP contribution in [0.2, 0.25) is 0 Å². The predicted molar refractivity (Wildman–Crippen MR) is 146 cm³/mol. The number of nitrogens with one attached hydrogen (secondary N) is 2. The van der Waals surface area contributed by atoms with Crippen LogP contribution in [0.15, 0.2) is 52.9 Å². The van der Waals surface area contributed by atoms with Gasteiger partial charge in [-0.05, 0) is 62.5 Å². The molecule has 0 radical (unpaired) electrons. The van der Waals surface area contributed by atoms with Crippen molar-refractivity contribution in [3.63, 3.8) is 0 Å². The molecule has 0 bridgehead atoms. The summed E-state index contributed by atoms with van der Waals surface area (Å²) >= 11 is 1.48. The van der Waals surface area contributed by atoms with Crippen molar-refractivity contribution in [3.05, 3.63) is 74.4 Å². The number of fused-ring (bicyclic) bond motifs is 1. The van der Waals surface area contributed by atoms with Crippen LogP contribution >= 0.6 is 11.3 Å². The molecule has 2 aromatic rings. The minimum absolute atomic E-state index is 0.0733. The molecule has 2 heterocycles. The number of anilines is 1. The number of carbonyl (C=O) groups excluding carboxylic acids is 3. The summed E-state index contributed by atoms with van der Waals surface area (Å²) in [5.41, 5.74) is 5.09. The van der Waals surface area contributed by atoms with Gasteiger partial charge in [0.1, 0.15) is 5.00 Å². The summed E-state index contributed by atoms with van der Waals surface area (Å²) in [5, 5.41) is 7.04. The summed E-state index contributed by atoms with van der Waals surface area (Å²) in [4.78, 5) is 41.6. The van der Waals surface area contributed by atoms with Gasteiger partial charge in [0, 0.05) is 39.8 Å². The Bertz CT molecular complexity index is 1330. The minimum Gasteiger partial charge on any atom is -0.462 e. The van der Waals surface area contributed by atoms with E-state index in [1.165, 1.54) is 11.3 Å². The summed E-state index contributed by atoms with van der Waals surface area (Å²) in [6.07, 6.45) is 4.99. The Labute approximate surface area is 222 Å². The number of allylic oxidation sites excluding steroid dienone is 3. The number of aryl methyl sites for hydroxylation is 1. The first-order valence-electron chi connectivity index (χ1n) is 13.1. The monoisotopic (exact) mass is 518 g/mol. The van der Waals surface area contributed by atoms with E-state index < -0.39 is 5.92 Å². The number of amides is 1. The molecule has 0 fully saturated rings. The zero-order valence-corrected chi connectivity index (χ0v) is 22.8. The molecule has 1 atom stereocenters. The van der Waals surface area contributed by atoms with Gasteiger partial charge in [0.15, 0.2) is 5.78 Å². The number of thiophene rings is 1. The highest BCUT2D eigenvalue weighted by atomic mass is 32.1. The van der Waals surface area contributed by atoms with E-state index in [9.17, 15) is 14.4 Å². The van der Waals surface area contributed by atoms with Crippen LogP contribution in [0.1, 0.15) is 85.7 Å². The molecule has 0 saturated carbocycles. The maximum absolute atomic E-state index is 14.0. The number of hydrogen-bond acceptors (Lipinski definition) is 6. The van der Waals surface area contributed by atoms with Crippen LogP contribution in [0.5, 0.6) is 0 Å². The molecule has 194 valence electrons. The molecule has 5 rings (SSSR count). The van der Waals surface area contributed by atoms with Gasteiger partial charge in [0.25, 0.3) is 5.91 Å². The highest BCUT2D eigenvalue weighted by Gasteiger charge is 2.43. The molecule has 1 aromatic heterocycles. The maximum atomic E-state index is 14.0. The standard InChI is InChI=1S/C30H34N2O4S/c1-5-36-29(35)25-19-13-9-10-14-22(19)37-28(25)32-27(34)23-17(2)31-20-15-30(3,4)16-21(33)26(20)24(23)18-11-7-6-8-12-18/h6-8,11-12,24,31H,5,9-10,13-16H2,1-4H3,(H,32,34)/t24-/m1/s1. The predicted octanol–water partition coefficient (Wildman–Crippen LogP) is 6.05. The molecule has 0 unspecified atom stereocenters. The van der Waals surface area contributed by atoms with Crippen molar-refractivity contribution in [2.75, 3.05) is 11.9 Å². The first kappa shape index (κ1) is 25.5. The molecule has 1 aliphatic heterocycles. The Balaban J connectivity index is 1.57. The van der Waals surface area contributed by atoms with Gasteiger partial charge in [0.05, 0.1) is 12.2 Å². The van der Waals surface area contributed by atoms with E-state index in [4.69, 9.17) is 4.74 Å². The molecule has 0 saturated heterocycles. The second-order valence-electron chi connectivity index (χ2n) is 10.9. The van der Waals surface area contributed by atoms with Gasteiger partial charge in [-0.1, -0.05) is 44.2 Å². The highest BCUT2D eigenvalue weighted by Crippen LogP contribution is 2.47. The van der Waals surface area contributed by atoms with Crippen LogP contribution in [-0.4, -0.2) is 24.3 Å². The van der Waals surface area contributed by atoms with Gasteiger partial charge >= 0.3 is 5.97 Å². The fourth-order valence-electron chi connectivity index (χ4n) is 5.96. The lowest BCUT2D eigenvalue weighted by atomic mass is 9.68. The number of rotatable bonds is 5. The largest absolute Gasteiger partial charge is 0.462 e. The molecule has 1 amide bonds. The fraction of sp³-hybridized carbons (Fsp3) is 0.433. The van der Waals surface area contributed by atoms with Gasteiger partial charge in [-0.25, -0.2) is 4.79 Å². The average molecular weight is 519 g/mol. The number of carbonyl (C=O) groups is 3. The number of dihydropyridines is 1. The highest BCUT2D eigenvalue weighted by molar-refractivity contribution is 7.17. The van der Waals surface area contributed by atoms with Crippen LogP contribution in [0, 0.1) is 5.41 Å². The van der Waals surface area contributed by atoms with Crippen LogP contribution in [-0.2, 0) is 27.2 Å². The van der Waals surface area contributed by atoms with E-state index in [2.05, 4.69) is 24.5 Å². The third-order valence-electron chi connectivity index (χ3n) is 7.50. The van der Waals surface area contributed by atoms with E-state index >= 15 is 0 Å². The number of ether oxygens (including phenoxy) is 1. The summed E-state index contributed by atoms with van der Waals surface area (Å²) in [7, 11) is 0. The summed E-state index contributed by atoms with van der Waals surface area (Å²) < 4.78 is 5.38. The lowest BCUT2D eigenvalue weighted by molar-refractivity contribution is -0.118. The Morgan fingerprint density at radius 3 is 2.59 bits per heavy atom. The smallest absolute Gasteiger partial charge is 0.341 e. The van der Waals surface area contributed by atoms with E-state index in [1.807, 2.05) is 37.3 Å². The summed E-state index contributed by atoms with van der Waals surface area (Å²) in [6.45, 7) is 8.16. The molecule has 6 nitrogen and oxygen atoms in total. The van der Waals surface area contributed by atoms with E-state index in [-0.39, 0.29) is 29.7 Å². The number of hydrogen-bond donors (Lipinski definition) is 2. The average Bonchev–Trinajstić information content (AvgIpc) is 3.20. The SMILES string of the molecule is CCOC(=O)c1c(NC(=O)C2=C(C)NC3=C(C(=O)CC(C)(C)C3)[C@@H]2c2ccccc2)sc2c1CCCC2. The molecular weight excluding hydrogens is 484 g/mol. The van der Waals surface area contributed by atoms with Crippen LogP contribution in [0.3, 0.4) is 0 Å². The summed E-state index contributed by atoms with van der Waals surface area (Å²) in [5.74, 6) is -1.09. The summed E-state index contributed by atoms with van der Waals surface area (Å²) in [6, 6.07) is 9.76. The molecule has 3 aliphatic rings. The van der Waals surface area contributed by atoms with Crippen molar-refractivity contribution in [2.24, 2.45) is 5.41 Å². The normalized spacial score (nSPS) is 20.6. The molecule has 7 heteroatoms.